The van der Waals surface area contributed by atoms with E-state index in [4.69, 9.17) is 9.94 Å². The van der Waals surface area contributed by atoms with E-state index in [1.54, 1.807) is 18.2 Å². The highest BCUT2D eigenvalue weighted by Gasteiger charge is 2.17. The van der Waals surface area contributed by atoms with E-state index in [0.717, 1.165) is 16.8 Å². The van der Waals surface area contributed by atoms with E-state index in [1.165, 1.54) is 23.7 Å². The molecule has 148 valence electrons. The van der Waals surface area contributed by atoms with Crippen LogP contribution in [0.2, 0.25) is 0 Å². The Labute approximate surface area is 167 Å². The number of phenolic OH excluding ortho intramolecular Hbond substituents is 1. The van der Waals surface area contributed by atoms with Crippen LogP contribution in [0.1, 0.15) is 18.1 Å². The van der Waals surface area contributed by atoms with Crippen molar-refractivity contribution in [3.05, 3.63) is 84.4 Å². The smallest absolute Gasteiger partial charge is 0.412 e. The first-order valence-corrected chi connectivity index (χ1v) is 8.92. The standard InChI is InChI=1S/C22H20N2O5/c25-17-13-11-16(12-14-17)20(9-4-10-21(26)24-28)29-22(27)23-19-8-3-6-15-5-1-2-7-18(15)19/h1-8,10-14,20,25,28H,9H2,(H,23,27)(H,24,26)/b10-4+/t20-/m0/s1. The number of ether oxygens (including phenoxy) is 1. The van der Waals surface area contributed by atoms with Crippen molar-refractivity contribution in [2.75, 3.05) is 5.32 Å². The Balaban J connectivity index is 1.77. The second-order valence-electron chi connectivity index (χ2n) is 6.25. The molecule has 0 aliphatic rings. The molecule has 0 aliphatic carbocycles. The van der Waals surface area contributed by atoms with Crippen LogP contribution in [0.25, 0.3) is 10.8 Å². The number of carbonyl (C=O) groups is 2. The first-order chi connectivity index (χ1) is 14.1. The number of anilines is 1. The molecule has 3 rings (SSSR count). The minimum absolute atomic E-state index is 0.0860. The van der Waals surface area contributed by atoms with Gasteiger partial charge >= 0.3 is 6.09 Å². The molecule has 29 heavy (non-hydrogen) atoms. The minimum Gasteiger partial charge on any atom is -0.508 e. The summed E-state index contributed by atoms with van der Waals surface area (Å²) >= 11 is 0. The molecule has 2 amide bonds. The normalized spacial score (nSPS) is 11.9. The summed E-state index contributed by atoms with van der Waals surface area (Å²) in [6.45, 7) is 0. The van der Waals surface area contributed by atoms with E-state index in [0.29, 0.717) is 11.3 Å². The van der Waals surface area contributed by atoms with Crippen molar-refractivity contribution in [1.82, 2.24) is 5.48 Å². The average Bonchev–Trinajstić information content (AvgIpc) is 2.73. The number of fused-ring (bicyclic) bond motifs is 1. The van der Waals surface area contributed by atoms with Gasteiger partial charge in [0.25, 0.3) is 5.91 Å². The third-order valence-electron chi connectivity index (χ3n) is 4.27. The highest BCUT2D eigenvalue weighted by atomic mass is 16.6. The first-order valence-electron chi connectivity index (χ1n) is 8.92. The van der Waals surface area contributed by atoms with Crippen LogP contribution in [0.3, 0.4) is 0 Å². The van der Waals surface area contributed by atoms with Gasteiger partial charge in [-0.25, -0.2) is 10.3 Å². The van der Waals surface area contributed by atoms with Crippen molar-refractivity contribution in [1.29, 1.82) is 0 Å². The van der Waals surface area contributed by atoms with E-state index < -0.39 is 18.1 Å². The fourth-order valence-corrected chi connectivity index (χ4v) is 2.88. The Bertz CT molecular complexity index is 1030. The van der Waals surface area contributed by atoms with Crippen molar-refractivity contribution in [3.63, 3.8) is 0 Å². The largest absolute Gasteiger partial charge is 0.508 e. The molecule has 0 saturated carbocycles. The Kier molecular flexibility index (Phi) is 6.44. The summed E-state index contributed by atoms with van der Waals surface area (Å²) in [5.74, 6) is -0.599. The Morgan fingerprint density at radius 3 is 2.48 bits per heavy atom. The average molecular weight is 392 g/mol. The van der Waals surface area contributed by atoms with Gasteiger partial charge in [-0.2, -0.15) is 0 Å². The summed E-state index contributed by atoms with van der Waals surface area (Å²) in [4.78, 5) is 23.7. The molecule has 3 aromatic carbocycles. The summed E-state index contributed by atoms with van der Waals surface area (Å²) in [6, 6.07) is 19.4. The quantitative estimate of drug-likeness (QED) is 0.284. The molecule has 0 radical (unpaired) electrons. The lowest BCUT2D eigenvalue weighted by molar-refractivity contribution is -0.124. The van der Waals surface area contributed by atoms with Crippen LogP contribution < -0.4 is 10.8 Å². The second kappa shape index (κ2) is 9.38. The molecule has 7 heteroatoms. The van der Waals surface area contributed by atoms with Gasteiger partial charge in [-0.3, -0.25) is 15.3 Å². The molecule has 0 spiro atoms. The molecular formula is C22H20N2O5. The fraction of sp³-hybridized carbons (Fsp3) is 0.0909. The topological polar surface area (TPSA) is 108 Å². The van der Waals surface area contributed by atoms with E-state index in [1.807, 2.05) is 36.4 Å². The maximum Gasteiger partial charge on any atom is 0.412 e. The number of hydrogen-bond acceptors (Lipinski definition) is 5. The van der Waals surface area contributed by atoms with Gasteiger partial charge in [-0.05, 0) is 29.1 Å². The highest BCUT2D eigenvalue weighted by molar-refractivity contribution is 6.00. The van der Waals surface area contributed by atoms with E-state index >= 15 is 0 Å². The summed E-state index contributed by atoms with van der Waals surface area (Å²) < 4.78 is 5.57. The number of hydrogen-bond donors (Lipinski definition) is 4. The van der Waals surface area contributed by atoms with Crippen molar-refractivity contribution in [3.8, 4) is 5.75 Å². The SMILES string of the molecule is O=C(/C=C/C[C@H](OC(=O)Nc1cccc2ccccc12)c1ccc(O)cc1)NO. The molecule has 0 aliphatic heterocycles. The second-order valence-corrected chi connectivity index (χ2v) is 6.25. The molecular weight excluding hydrogens is 372 g/mol. The molecule has 0 heterocycles. The summed E-state index contributed by atoms with van der Waals surface area (Å²) in [5, 5.41) is 22.7. The number of hydroxylamine groups is 1. The number of nitrogens with one attached hydrogen (secondary N) is 2. The van der Waals surface area contributed by atoms with Crippen molar-refractivity contribution in [2.24, 2.45) is 0 Å². The van der Waals surface area contributed by atoms with Crippen molar-refractivity contribution in [2.45, 2.75) is 12.5 Å². The number of carbonyl (C=O) groups excluding carboxylic acids is 2. The van der Waals surface area contributed by atoms with Gasteiger partial charge in [0.1, 0.15) is 11.9 Å². The predicted octanol–water partition coefficient (Wildman–Crippen LogP) is 4.29. The lowest BCUT2D eigenvalue weighted by Gasteiger charge is -2.18. The lowest BCUT2D eigenvalue weighted by Crippen LogP contribution is -2.18. The molecule has 0 unspecified atom stereocenters. The van der Waals surface area contributed by atoms with Crippen LogP contribution in [0.4, 0.5) is 10.5 Å². The molecule has 3 aromatic rings. The van der Waals surface area contributed by atoms with E-state index in [-0.39, 0.29) is 12.2 Å². The summed E-state index contributed by atoms with van der Waals surface area (Å²) in [7, 11) is 0. The van der Waals surface area contributed by atoms with E-state index in [2.05, 4.69) is 5.32 Å². The number of amides is 2. The summed E-state index contributed by atoms with van der Waals surface area (Å²) in [5.41, 5.74) is 2.76. The zero-order valence-electron chi connectivity index (χ0n) is 15.4. The van der Waals surface area contributed by atoms with Gasteiger partial charge in [-0.1, -0.05) is 54.6 Å². The highest BCUT2D eigenvalue weighted by Crippen LogP contribution is 2.26. The molecule has 0 fully saturated rings. The van der Waals surface area contributed by atoms with Gasteiger partial charge in [0.15, 0.2) is 0 Å². The van der Waals surface area contributed by atoms with Crippen LogP contribution in [-0.4, -0.2) is 22.3 Å². The Morgan fingerprint density at radius 2 is 1.72 bits per heavy atom. The third kappa shape index (κ3) is 5.33. The number of aromatic hydroxyl groups is 1. The van der Waals surface area contributed by atoms with Crippen LogP contribution >= 0.6 is 0 Å². The predicted molar refractivity (Wildman–Crippen MR) is 109 cm³/mol. The first kappa shape index (κ1) is 19.9. The number of phenols is 1. The number of benzene rings is 3. The Morgan fingerprint density at radius 1 is 1.00 bits per heavy atom. The molecule has 0 saturated heterocycles. The number of rotatable bonds is 6. The fourth-order valence-electron chi connectivity index (χ4n) is 2.88. The molecule has 0 aromatic heterocycles. The van der Waals surface area contributed by atoms with Crippen LogP contribution in [-0.2, 0) is 9.53 Å². The third-order valence-corrected chi connectivity index (χ3v) is 4.27. The molecule has 1 atom stereocenters. The Hall–Kier alpha value is -3.84. The van der Waals surface area contributed by atoms with Crippen molar-refractivity contribution < 1.29 is 24.6 Å². The molecule has 7 nitrogen and oxygen atoms in total. The maximum atomic E-state index is 12.5. The monoisotopic (exact) mass is 392 g/mol. The van der Waals surface area contributed by atoms with Crippen molar-refractivity contribution >= 4 is 28.5 Å². The zero-order chi connectivity index (χ0) is 20.6. The molecule has 4 N–H and O–H groups in total. The van der Waals surface area contributed by atoms with Gasteiger partial charge in [0, 0.05) is 17.9 Å². The van der Waals surface area contributed by atoms with Crippen LogP contribution in [0.5, 0.6) is 5.75 Å². The van der Waals surface area contributed by atoms with Gasteiger partial charge in [0.2, 0.25) is 0 Å². The summed E-state index contributed by atoms with van der Waals surface area (Å²) in [6.07, 6.45) is 1.46. The maximum absolute atomic E-state index is 12.5. The van der Waals surface area contributed by atoms with E-state index in [9.17, 15) is 14.7 Å². The van der Waals surface area contributed by atoms with Crippen LogP contribution in [0.15, 0.2) is 78.9 Å². The van der Waals surface area contributed by atoms with Crippen LogP contribution in [0, 0.1) is 0 Å². The van der Waals surface area contributed by atoms with Gasteiger partial charge < -0.3 is 9.84 Å². The van der Waals surface area contributed by atoms with Gasteiger partial charge in [-0.15, -0.1) is 0 Å². The zero-order valence-corrected chi connectivity index (χ0v) is 15.4. The molecule has 0 bridgehead atoms. The minimum atomic E-state index is -0.701. The van der Waals surface area contributed by atoms with Gasteiger partial charge in [0.05, 0.1) is 5.69 Å². The lowest BCUT2D eigenvalue weighted by atomic mass is 10.1.